The molecule has 0 bridgehead atoms. The molecule has 0 spiro atoms. The maximum atomic E-state index is 8.88. The summed E-state index contributed by atoms with van der Waals surface area (Å²) < 4.78 is 8.92. The minimum absolute atomic E-state index is 0.481. The fraction of sp³-hybridized carbons (Fsp3) is 1.00. The quantitative estimate of drug-likeness (QED) is 0.339. The first-order valence-electron chi connectivity index (χ1n) is 3.11. The molecule has 11 heavy (non-hydrogen) atoms. The Morgan fingerprint density at radius 2 is 1.45 bits per heavy atom. The Kier molecular flexibility index (Phi) is 2.77. The number of rotatable bonds is 1. The van der Waals surface area contributed by atoms with Crippen molar-refractivity contribution in [3.63, 3.8) is 0 Å². The number of hydrogen-bond acceptors (Lipinski definition) is 6. The molecule has 0 aromatic heterocycles. The Balaban J connectivity index is 2.48. The highest BCUT2D eigenvalue weighted by atomic mass is 16.8. The van der Waals surface area contributed by atoms with Crippen LogP contribution >= 0.6 is 0 Å². The van der Waals surface area contributed by atoms with E-state index < -0.39 is 31.6 Å². The van der Waals surface area contributed by atoms with Gasteiger partial charge in [0.25, 0.3) is 0 Å². The van der Waals surface area contributed by atoms with E-state index in [1.54, 1.807) is 0 Å². The predicted octanol–water partition coefficient (Wildman–Crippen LogP) is -2.65. The molecule has 6 nitrogen and oxygen atoms in total. The molecule has 1 fully saturated rings. The first-order valence-corrected chi connectivity index (χ1v) is 3.11. The van der Waals surface area contributed by atoms with E-state index in [9.17, 15) is 0 Å². The lowest BCUT2D eigenvalue weighted by Crippen LogP contribution is -2.50. The van der Waals surface area contributed by atoms with E-state index in [2.05, 4.69) is 9.47 Å². The van der Waals surface area contributed by atoms with Gasteiger partial charge in [0.05, 0.1) is 6.61 Å². The molecule has 0 saturated carbocycles. The van der Waals surface area contributed by atoms with E-state index in [1.807, 2.05) is 0 Å². The lowest BCUT2D eigenvalue weighted by molar-refractivity contribution is -0.379. The molecule has 4 atom stereocenters. The highest BCUT2D eigenvalue weighted by molar-refractivity contribution is 4.67. The second kappa shape index (κ2) is 3.44. The van der Waals surface area contributed by atoms with Gasteiger partial charge in [-0.2, -0.15) is 0 Å². The Hall–Kier alpha value is -0.240. The van der Waals surface area contributed by atoms with E-state index in [0.717, 1.165) is 0 Å². The summed E-state index contributed by atoms with van der Waals surface area (Å²) in [4.78, 5) is 0. The summed E-state index contributed by atoms with van der Waals surface area (Å²) >= 11 is 0. The Morgan fingerprint density at radius 1 is 0.909 bits per heavy atom. The minimum Gasteiger partial charge on any atom is -0.393 e. The van der Waals surface area contributed by atoms with E-state index in [0.29, 0.717) is 0 Å². The summed E-state index contributed by atoms with van der Waals surface area (Å²) in [6.45, 7) is -0.481. The fourth-order valence-electron chi connectivity index (χ4n) is 0.744. The van der Waals surface area contributed by atoms with Crippen LogP contribution < -0.4 is 0 Å². The predicted molar refractivity (Wildman–Crippen MR) is 31.1 cm³/mol. The molecular weight excluding hydrogens is 156 g/mol. The fourth-order valence-corrected chi connectivity index (χ4v) is 0.744. The summed E-state index contributed by atoms with van der Waals surface area (Å²) in [5.41, 5.74) is 0. The highest BCUT2D eigenvalue weighted by Gasteiger charge is 2.35. The maximum Gasteiger partial charge on any atom is 0.209 e. The Morgan fingerprint density at radius 3 is 2.00 bits per heavy atom. The first-order chi connectivity index (χ1) is 5.15. The first kappa shape index (κ1) is 8.85. The van der Waals surface area contributed by atoms with Gasteiger partial charge in [-0.15, -0.1) is 0 Å². The van der Waals surface area contributed by atoms with E-state index in [-0.39, 0.29) is 0 Å². The van der Waals surface area contributed by atoms with Gasteiger partial charge < -0.3 is 29.9 Å². The monoisotopic (exact) mass is 166 g/mol. The van der Waals surface area contributed by atoms with Crippen LogP contribution in [0.25, 0.3) is 0 Å². The molecule has 0 aromatic carbocycles. The third-order valence-corrected chi connectivity index (χ3v) is 1.34. The normalized spacial score (nSPS) is 45.8. The number of aliphatic hydroxyl groups excluding tert-OH is 4. The second-order valence-electron chi connectivity index (χ2n) is 2.16. The molecule has 1 aliphatic heterocycles. The van der Waals surface area contributed by atoms with E-state index >= 15 is 0 Å². The van der Waals surface area contributed by atoms with Crippen molar-refractivity contribution < 1.29 is 29.9 Å². The number of hydrogen-bond donors (Lipinski definition) is 4. The van der Waals surface area contributed by atoms with Gasteiger partial charge >= 0.3 is 0 Å². The van der Waals surface area contributed by atoms with E-state index in [1.165, 1.54) is 0 Å². The molecule has 1 saturated heterocycles. The molecule has 6 heteroatoms. The summed E-state index contributed by atoms with van der Waals surface area (Å²) in [6.07, 6.45) is -5.49. The molecule has 2 unspecified atom stereocenters. The van der Waals surface area contributed by atoms with Gasteiger partial charge in [-0.25, -0.2) is 0 Å². The van der Waals surface area contributed by atoms with Gasteiger partial charge in [0.15, 0.2) is 6.29 Å². The molecule has 0 radical (unpaired) electrons. The second-order valence-corrected chi connectivity index (χ2v) is 2.16. The highest BCUT2D eigenvalue weighted by Crippen LogP contribution is 2.15. The van der Waals surface area contributed by atoms with E-state index in [4.69, 9.17) is 20.4 Å². The van der Waals surface area contributed by atoms with Gasteiger partial charge in [-0.3, -0.25) is 0 Å². The molecule has 0 amide bonds. The van der Waals surface area contributed by atoms with Gasteiger partial charge in [0.2, 0.25) is 12.6 Å². The average Bonchev–Trinajstić information content (AvgIpc) is 1.97. The smallest absolute Gasteiger partial charge is 0.209 e. The lowest BCUT2D eigenvalue weighted by atomic mass is 10.3. The van der Waals surface area contributed by atoms with Crippen LogP contribution in [0.3, 0.4) is 0 Å². The van der Waals surface area contributed by atoms with Crippen molar-refractivity contribution in [2.75, 3.05) is 6.61 Å². The molecule has 0 aromatic rings. The van der Waals surface area contributed by atoms with Crippen LogP contribution in [0.5, 0.6) is 0 Å². The van der Waals surface area contributed by atoms with Crippen molar-refractivity contribution >= 4 is 0 Å². The van der Waals surface area contributed by atoms with Crippen molar-refractivity contribution in [1.29, 1.82) is 0 Å². The summed E-state index contributed by atoms with van der Waals surface area (Å²) in [5.74, 6) is 0. The largest absolute Gasteiger partial charge is 0.393 e. The van der Waals surface area contributed by atoms with Crippen molar-refractivity contribution in [3.8, 4) is 0 Å². The maximum absolute atomic E-state index is 8.88. The summed E-state index contributed by atoms with van der Waals surface area (Å²) in [7, 11) is 0. The van der Waals surface area contributed by atoms with Crippen molar-refractivity contribution in [2.24, 2.45) is 0 Å². The van der Waals surface area contributed by atoms with Crippen LogP contribution in [0.2, 0.25) is 0 Å². The zero-order chi connectivity index (χ0) is 8.43. The number of aliphatic hydroxyl groups is 4. The molecule has 4 N–H and O–H groups in total. The van der Waals surface area contributed by atoms with Crippen molar-refractivity contribution in [1.82, 2.24) is 0 Å². The van der Waals surface area contributed by atoms with Gasteiger partial charge in [0.1, 0.15) is 6.10 Å². The number of ether oxygens (including phenoxy) is 2. The SMILES string of the molecule is OCC1O[C@H](O)C(O)O[C@@H]1O. The van der Waals surface area contributed by atoms with Crippen LogP contribution in [-0.2, 0) is 9.47 Å². The van der Waals surface area contributed by atoms with Crippen molar-refractivity contribution in [2.45, 2.75) is 25.0 Å². The third-order valence-electron chi connectivity index (χ3n) is 1.34. The standard InChI is InChI=1S/C5H10O6/c6-1-2-3(7)11-5(9)4(8)10-2/h2-9H,1H2/t2?,3-,4-,5?/m0/s1. The minimum atomic E-state index is -1.56. The lowest BCUT2D eigenvalue weighted by Gasteiger charge is -2.33. The Labute approximate surface area is 62.6 Å². The summed E-state index contributed by atoms with van der Waals surface area (Å²) in [6, 6.07) is 0. The molecule has 1 aliphatic rings. The van der Waals surface area contributed by atoms with Gasteiger partial charge in [-0.1, -0.05) is 0 Å². The third kappa shape index (κ3) is 1.86. The van der Waals surface area contributed by atoms with Crippen molar-refractivity contribution in [3.05, 3.63) is 0 Å². The Bertz CT molecular complexity index is 128. The topological polar surface area (TPSA) is 99.4 Å². The molecule has 1 heterocycles. The van der Waals surface area contributed by atoms with Crippen LogP contribution in [0, 0.1) is 0 Å². The summed E-state index contributed by atoms with van der Waals surface area (Å²) in [5, 5.41) is 34.9. The van der Waals surface area contributed by atoms with Crippen LogP contribution in [0.1, 0.15) is 0 Å². The van der Waals surface area contributed by atoms with Crippen LogP contribution in [0.4, 0.5) is 0 Å². The zero-order valence-corrected chi connectivity index (χ0v) is 5.62. The molecule has 66 valence electrons. The zero-order valence-electron chi connectivity index (χ0n) is 5.62. The molecular formula is C5H10O6. The van der Waals surface area contributed by atoms with Gasteiger partial charge in [0, 0.05) is 0 Å². The van der Waals surface area contributed by atoms with Crippen LogP contribution in [0.15, 0.2) is 0 Å². The molecule has 1 rings (SSSR count). The molecule has 0 aliphatic carbocycles. The van der Waals surface area contributed by atoms with Gasteiger partial charge in [-0.05, 0) is 0 Å². The average molecular weight is 166 g/mol. The van der Waals surface area contributed by atoms with Crippen LogP contribution in [-0.4, -0.2) is 52.0 Å².